The van der Waals surface area contributed by atoms with E-state index in [0.29, 0.717) is 18.0 Å². The highest BCUT2D eigenvalue weighted by atomic mass is 16.5. The number of hydrogen-bond acceptors (Lipinski definition) is 3. The van der Waals surface area contributed by atoms with Crippen LogP contribution in [0.25, 0.3) is 0 Å². The largest absolute Gasteiger partial charge is 0.493 e. The van der Waals surface area contributed by atoms with Crippen molar-refractivity contribution in [3.05, 3.63) is 95.1 Å². The van der Waals surface area contributed by atoms with E-state index in [9.17, 15) is 0 Å². The van der Waals surface area contributed by atoms with Crippen LogP contribution in [-0.4, -0.2) is 25.7 Å². The smallest absolute Gasteiger partial charge is 0.161 e. The summed E-state index contributed by atoms with van der Waals surface area (Å²) in [5.41, 5.74) is 5.61. The lowest BCUT2D eigenvalue weighted by atomic mass is 9.83. The summed E-state index contributed by atoms with van der Waals surface area (Å²) < 4.78 is 11.2. The molecule has 0 aliphatic carbocycles. The van der Waals surface area contributed by atoms with Crippen molar-refractivity contribution in [3.8, 4) is 11.5 Å². The van der Waals surface area contributed by atoms with Crippen molar-refractivity contribution in [1.29, 1.82) is 0 Å². The number of hydrogen-bond donors (Lipinski definition) is 0. The van der Waals surface area contributed by atoms with E-state index in [-0.39, 0.29) is 0 Å². The van der Waals surface area contributed by atoms with Crippen LogP contribution in [-0.2, 0) is 6.42 Å². The molecule has 3 aromatic rings. The molecule has 29 heavy (non-hydrogen) atoms. The van der Waals surface area contributed by atoms with Crippen molar-refractivity contribution in [2.24, 2.45) is 0 Å². The molecule has 0 spiro atoms. The molecule has 1 saturated heterocycles. The SMILES string of the molecule is COc1cc2c(cc1OC)[C@@H]1[C@H](c3ccccc3)C[C@H](c3ccccc3)N1CC2. The summed E-state index contributed by atoms with van der Waals surface area (Å²) in [4.78, 5) is 2.71. The van der Waals surface area contributed by atoms with Gasteiger partial charge in [0.15, 0.2) is 11.5 Å². The molecule has 148 valence electrons. The first-order chi connectivity index (χ1) is 14.3. The van der Waals surface area contributed by atoms with Gasteiger partial charge in [0.25, 0.3) is 0 Å². The fourth-order valence-corrected chi connectivity index (χ4v) is 5.32. The molecule has 3 atom stereocenters. The number of benzene rings is 3. The molecule has 3 heteroatoms. The van der Waals surface area contributed by atoms with E-state index < -0.39 is 0 Å². The standard InChI is InChI=1S/C26H27NO2/c1-28-24-15-20-13-14-27-23(19-11-7-4-8-12-19)16-21(18-9-5-3-6-10-18)26(27)22(20)17-25(24)29-2/h3-12,15,17,21,23,26H,13-14,16H2,1-2H3/t21-,23+,26-/m0/s1. The van der Waals surface area contributed by atoms with E-state index in [2.05, 4.69) is 77.7 Å². The van der Waals surface area contributed by atoms with E-state index in [1.54, 1.807) is 14.2 Å². The average Bonchev–Trinajstić information content (AvgIpc) is 3.19. The van der Waals surface area contributed by atoms with Gasteiger partial charge in [-0.25, -0.2) is 0 Å². The molecule has 2 aliphatic heterocycles. The normalized spacial score (nSPS) is 23.3. The van der Waals surface area contributed by atoms with E-state index in [1.807, 2.05) is 0 Å². The zero-order chi connectivity index (χ0) is 19.8. The molecule has 0 bridgehead atoms. The second-order valence-electron chi connectivity index (χ2n) is 8.02. The summed E-state index contributed by atoms with van der Waals surface area (Å²) in [5.74, 6) is 2.11. The predicted molar refractivity (Wildman–Crippen MR) is 116 cm³/mol. The number of nitrogens with zero attached hydrogens (tertiary/aromatic N) is 1. The van der Waals surface area contributed by atoms with Gasteiger partial charge in [-0.05, 0) is 47.2 Å². The van der Waals surface area contributed by atoms with Crippen molar-refractivity contribution in [3.63, 3.8) is 0 Å². The van der Waals surface area contributed by atoms with Crippen LogP contribution >= 0.6 is 0 Å². The fraction of sp³-hybridized carbons (Fsp3) is 0.308. The lowest BCUT2D eigenvalue weighted by molar-refractivity contribution is 0.178. The van der Waals surface area contributed by atoms with Gasteiger partial charge in [-0.2, -0.15) is 0 Å². The van der Waals surface area contributed by atoms with Crippen LogP contribution in [0.15, 0.2) is 72.8 Å². The lowest BCUT2D eigenvalue weighted by Gasteiger charge is -2.38. The van der Waals surface area contributed by atoms with Crippen LogP contribution in [0.2, 0.25) is 0 Å². The first kappa shape index (κ1) is 18.3. The number of fused-ring (bicyclic) bond motifs is 3. The third-order valence-corrected chi connectivity index (χ3v) is 6.63. The molecule has 3 nitrogen and oxygen atoms in total. The monoisotopic (exact) mass is 385 g/mol. The predicted octanol–water partition coefficient (Wildman–Crippen LogP) is 5.53. The molecular formula is C26H27NO2. The van der Waals surface area contributed by atoms with Crippen LogP contribution in [0.1, 0.15) is 46.7 Å². The summed E-state index contributed by atoms with van der Waals surface area (Å²) in [6.07, 6.45) is 2.17. The maximum absolute atomic E-state index is 5.66. The van der Waals surface area contributed by atoms with Crippen molar-refractivity contribution in [2.75, 3.05) is 20.8 Å². The van der Waals surface area contributed by atoms with Crippen LogP contribution in [0.5, 0.6) is 11.5 Å². The van der Waals surface area contributed by atoms with Gasteiger partial charge < -0.3 is 9.47 Å². The number of ether oxygens (including phenoxy) is 2. The number of rotatable bonds is 4. The Morgan fingerprint density at radius 3 is 2.07 bits per heavy atom. The Kier molecular flexibility index (Phi) is 4.76. The Morgan fingerprint density at radius 2 is 1.41 bits per heavy atom. The molecule has 2 aliphatic rings. The molecular weight excluding hydrogens is 358 g/mol. The van der Waals surface area contributed by atoms with Crippen molar-refractivity contribution >= 4 is 0 Å². The van der Waals surface area contributed by atoms with Crippen LogP contribution < -0.4 is 9.47 Å². The summed E-state index contributed by atoms with van der Waals surface area (Å²) in [6.45, 7) is 1.07. The van der Waals surface area contributed by atoms with Gasteiger partial charge in [0.05, 0.1) is 14.2 Å². The van der Waals surface area contributed by atoms with Gasteiger partial charge in [0, 0.05) is 24.5 Å². The molecule has 3 aromatic carbocycles. The summed E-state index contributed by atoms with van der Waals surface area (Å²) in [7, 11) is 3.44. The van der Waals surface area contributed by atoms with E-state index >= 15 is 0 Å². The minimum Gasteiger partial charge on any atom is -0.493 e. The van der Waals surface area contributed by atoms with Crippen LogP contribution in [0.4, 0.5) is 0 Å². The van der Waals surface area contributed by atoms with Crippen LogP contribution in [0, 0.1) is 0 Å². The summed E-state index contributed by atoms with van der Waals surface area (Å²) in [5, 5.41) is 0. The Labute approximate surface area is 172 Å². The Morgan fingerprint density at radius 1 is 0.793 bits per heavy atom. The third-order valence-electron chi connectivity index (χ3n) is 6.63. The van der Waals surface area contributed by atoms with Crippen molar-refractivity contribution in [2.45, 2.75) is 30.8 Å². The quantitative estimate of drug-likeness (QED) is 0.589. The Balaban J connectivity index is 1.63. The molecule has 0 N–H and O–H groups in total. The summed E-state index contributed by atoms with van der Waals surface area (Å²) >= 11 is 0. The second-order valence-corrected chi connectivity index (χ2v) is 8.02. The molecule has 5 rings (SSSR count). The zero-order valence-electron chi connectivity index (χ0n) is 17.0. The molecule has 0 radical (unpaired) electrons. The van der Waals surface area contributed by atoms with Gasteiger partial charge in [0.2, 0.25) is 0 Å². The van der Waals surface area contributed by atoms with E-state index in [0.717, 1.165) is 30.9 Å². The van der Waals surface area contributed by atoms with Crippen LogP contribution in [0.3, 0.4) is 0 Å². The molecule has 2 heterocycles. The fourth-order valence-electron chi connectivity index (χ4n) is 5.32. The van der Waals surface area contributed by atoms with Crippen molar-refractivity contribution in [1.82, 2.24) is 4.90 Å². The van der Waals surface area contributed by atoms with Crippen molar-refractivity contribution < 1.29 is 9.47 Å². The highest BCUT2D eigenvalue weighted by Gasteiger charge is 2.45. The lowest BCUT2D eigenvalue weighted by Crippen LogP contribution is -2.34. The maximum atomic E-state index is 5.66. The van der Waals surface area contributed by atoms with Gasteiger partial charge in [-0.15, -0.1) is 0 Å². The highest BCUT2D eigenvalue weighted by Crippen LogP contribution is 2.55. The molecule has 0 aromatic heterocycles. The minimum absolute atomic E-state index is 0.353. The molecule has 0 saturated carbocycles. The molecule has 0 amide bonds. The average molecular weight is 386 g/mol. The first-order valence-corrected chi connectivity index (χ1v) is 10.4. The maximum Gasteiger partial charge on any atom is 0.161 e. The highest BCUT2D eigenvalue weighted by molar-refractivity contribution is 5.51. The van der Waals surface area contributed by atoms with Gasteiger partial charge >= 0.3 is 0 Å². The minimum atomic E-state index is 0.353. The van der Waals surface area contributed by atoms with Gasteiger partial charge in [0.1, 0.15) is 0 Å². The number of methoxy groups -OCH3 is 2. The second kappa shape index (κ2) is 7.57. The zero-order valence-corrected chi connectivity index (χ0v) is 17.0. The Hall–Kier alpha value is -2.78. The molecule has 1 fully saturated rings. The molecule has 0 unspecified atom stereocenters. The first-order valence-electron chi connectivity index (χ1n) is 10.4. The van der Waals surface area contributed by atoms with Gasteiger partial charge in [-0.1, -0.05) is 60.7 Å². The topological polar surface area (TPSA) is 21.7 Å². The summed E-state index contributed by atoms with van der Waals surface area (Å²) in [6, 6.07) is 27.2. The Bertz CT molecular complexity index is 986. The van der Waals surface area contributed by atoms with E-state index in [4.69, 9.17) is 9.47 Å². The third kappa shape index (κ3) is 3.10. The van der Waals surface area contributed by atoms with Gasteiger partial charge in [-0.3, -0.25) is 4.90 Å². The van der Waals surface area contributed by atoms with E-state index in [1.165, 1.54) is 22.3 Å².